The topological polar surface area (TPSA) is 35.8 Å². The van der Waals surface area contributed by atoms with Gasteiger partial charge in [-0.3, -0.25) is 0 Å². The number of hydrogen-bond donors (Lipinski definition) is 1. The van der Waals surface area contributed by atoms with Gasteiger partial charge in [0.15, 0.2) is 0 Å². The van der Waals surface area contributed by atoms with Crippen LogP contribution in [-0.4, -0.2) is 12.6 Å². The summed E-state index contributed by atoms with van der Waals surface area (Å²) in [6.07, 6.45) is 5.81. The monoisotopic (exact) mass is 210 g/mol. The molecule has 0 aromatic rings. The highest BCUT2D eigenvalue weighted by molar-refractivity contribution is 4.80. The average Bonchev–Trinajstić information content (AvgIpc) is 2.16. The Labute approximate surface area is 95.1 Å². The highest BCUT2D eigenvalue weighted by Gasteiger charge is 2.17. The maximum absolute atomic E-state index is 8.55. The van der Waals surface area contributed by atoms with Gasteiger partial charge in [0.1, 0.15) is 0 Å². The SMILES string of the molecule is CCCCCC(C)(C)CNC(C)CC#N. The normalized spacial score (nSPS) is 13.5. The van der Waals surface area contributed by atoms with Crippen LogP contribution in [0.4, 0.5) is 0 Å². The fourth-order valence-electron chi connectivity index (χ4n) is 1.60. The van der Waals surface area contributed by atoms with Crippen molar-refractivity contribution in [3.8, 4) is 6.07 Å². The maximum atomic E-state index is 8.55. The molecule has 0 heterocycles. The first-order chi connectivity index (χ1) is 7.02. The molecular formula is C13H26N2. The molecule has 0 aromatic carbocycles. The molecular weight excluding hydrogens is 184 g/mol. The van der Waals surface area contributed by atoms with E-state index in [1.54, 1.807) is 0 Å². The molecule has 0 fully saturated rings. The number of unbranched alkanes of at least 4 members (excludes halogenated alkanes) is 2. The molecule has 1 atom stereocenters. The van der Waals surface area contributed by atoms with Gasteiger partial charge in [-0.1, -0.05) is 40.0 Å². The van der Waals surface area contributed by atoms with Gasteiger partial charge in [-0.05, 0) is 18.8 Å². The molecule has 0 aliphatic heterocycles. The number of nitrogens with zero attached hydrogens (tertiary/aromatic N) is 1. The smallest absolute Gasteiger partial charge is 0.0638 e. The molecule has 0 bridgehead atoms. The summed E-state index contributed by atoms with van der Waals surface area (Å²) in [4.78, 5) is 0. The van der Waals surface area contributed by atoms with Gasteiger partial charge < -0.3 is 5.32 Å². The lowest BCUT2D eigenvalue weighted by Gasteiger charge is -2.26. The van der Waals surface area contributed by atoms with Crippen molar-refractivity contribution in [2.45, 2.75) is 65.8 Å². The summed E-state index contributed by atoms with van der Waals surface area (Å²) in [6, 6.07) is 2.51. The number of rotatable bonds is 8. The molecule has 0 radical (unpaired) electrons. The lowest BCUT2D eigenvalue weighted by Crippen LogP contribution is -2.35. The molecule has 0 saturated carbocycles. The largest absolute Gasteiger partial charge is 0.313 e. The van der Waals surface area contributed by atoms with Gasteiger partial charge in [0.25, 0.3) is 0 Å². The van der Waals surface area contributed by atoms with Gasteiger partial charge in [0.2, 0.25) is 0 Å². The summed E-state index contributed by atoms with van der Waals surface area (Å²) < 4.78 is 0. The van der Waals surface area contributed by atoms with E-state index in [9.17, 15) is 0 Å². The minimum Gasteiger partial charge on any atom is -0.313 e. The van der Waals surface area contributed by atoms with Crippen LogP contribution in [0, 0.1) is 16.7 Å². The van der Waals surface area contributed by atoms with Gasteiger partial charge in [0.05, 0.1) is 12.5 Å². The van der Waals surface area contributed by atoms with Crippen molar-refractivity contribution in [1.82, 2.24) is 5.32 Å². The molecule has 1 unspecified atom stereocenters. The van der Waals surface area contributed by atoms with Gasteiger partial charge in [-0.2, -0.15) is 5.26 Å². The first-order valence-corrected chi connectivity index (χ1v) is 6.12. The second-order valence-corrected chi connectivity index (χ2v) is 5.27. The quantitative estimate of drug-likeness (QED) is 0.623. The van der Waals surface area contributed by atoms with Crippen molar-refractivity contribution in [3.63, 3.8) is 0 Å². The van der Waals surface area contributed by atoms with Crippen LogP contribution >= 0.6 is 0 Å². The Morgan fingerprint density at radius 3 is 2.53 bits per heavy atom. The molecule has 0 spiro atoms. The third-order valence-corrected chi connectivity index (χ3v) is 2.78. The summed E-state index contributed by atoms with van der Waals surface area (Å²) in [5.41, 5.74) is 0.360. The zero-order chi connectivity index (χ0) is 11.7. The van der Waals surface area contributed by atoms with Gasteiger partial charge >= 0.3 is 0 Å². The van der Waals surface area contributed by atoms with E-state index in [0.717, 1.165) is 6.54 Å². The molecule has 88 valence electrons. The first-order valence-electron chi connectivity index (χ1n) is 6.12. The lowest BCUT2D eigenvalue weighted by atomic mass is 9.86. The Bertz CT molecular complexity index is 191. The van der Waals surface area contributed by atoms with E-state index in [4.69, 9.17) is 5.26 Å². The van der Waals surface area contributed by atoms with Crippen LogP contribution in [0.15, 0.2) is 0 Å². The van der Waals surface area contributed by atoms with Gasteiger partial charge in [-0.25, -0.2) is 0 Å². The predicted molar refractivity (Wildman–Crippen MR) is 65.6 cm³/mol. The second kappa shape index (κ2) is 7.70. The third kappa shape index (κ3) is 8.44. The predicted octanol–water partition coefficient (Wildman–Crippen LogP) is 3.48. The standard InChI is InChI=1S/C13H26N2/c1-5-6-7-9-13(3,4)11-15-12(2)8-10-14/h12,15H,5-9,11H2,1-4H3. The molecule has 0 amide bonds. The minimum absolute atomic E-state index is 0.320. The molecule has 15 heavy (non-hydrogen) atoms. The van der Waals surface area contributed by atoms with E-state index in [0.29, 0.717) is 17.9 Å². The Hall–Kier alpha value is -0.550. The molecule has 0 aromatic heterocycles. The van der Waals surface area contributed by atoms with Crippen LogP contribution in [0.1, 0.15) is 59.8 Å². The van der Waals surface area contributed by atoms with Gasteiger partial charge in [0, 0.05) is 12.6 Å². The van der Waals surface area contributed by atoms with E-state index in [1.807, 2.05) is 0 Å². The van der Waals surface area contributed by atoms with Crippen LogP contribution in [0.5, 0.6) is 0 Å². The highest BCUT2D eigenvalue weighted by atomic mass is 14.9. The number of nitrogens with one attached hydrogen (secondary N) is 1. The summed E-state index contributed by atoms with van der Waals surface area (Å²) >= 11 is 0. The highest BCUT2D eigenvalue weighted by Crippen LogP contribution is 2.22. The van der Waals surface area contributed by atoms with Crippen LogP contribution in [0.2, 0.25) is 0 Å². The summed E-state index contributed by atoms with van der Waals surface area (Å²) in [5, 5.41) is 12.0. The Kier molecular flexibility index (Phi) is 7.42. The summed E-state index contributed by atoms with van der Waals surface area (Å²) in [5.74, 6) is 0. The molecule has 0 aliphatic rings. The lowest BCUT2D eigenvalue weighted by molar-refractivity contribution is 0.290. The van der Waals surface area contributed by atoms with E-state index >= 15 is 0 Å². The molecule has 2 nitrogen and oxygen atoms in total. The Morgan fingerprint density at radius 1 is 1.33 bits per heavy atom. The summed E-state index contributed by atoms with van der Waals surface area (Å²) in [6.45, 7) is 9.93. The second-order valence-electron chi connectivity index (χ2n) is 5.27. The Balaban J connectivity index is 3.68. The number of nitriles is 1. The van der Waals surface area contributed by atoms with Crippen molar-refractivity contribution in [3.05, 3.63) is 0 Å². The third-order valence-electron chi connectivity index (χ3n) is 2.78. The van der Waals surface area contributed by atoms with Crippen molar-refractivity contribution in [1.29, 1.82) is 5.26 Å². The zero-order valence-corrected chi connectivity index (χ0v) is 10.8. The molecule has 0 rings (SSSR count). The minimum atomic E-state index is 0.320. The van der Waals surface area contributed by atoms with Crippen LogP contribution in [0.25, 0.3) is 0 Å². The van der Waals surface area contributed by atoms with Crippen LogP contribution in [-0.2, 0) is 0 Å². The average molecular weight is 210 g/mol. The molecule has 0 saturated heterocycles. The van der Waals surface area contributed by atoms with Gasteiger partial charge in [-0.15, -0.1) is 0 Å². The molecule has 1 N–H and O–H groups in total. The van der Waals surface area contributed by atoms with Crippen molar-refractivity contribution in [2.24, 2.45) is 5.41 Å². The Morgan fingerprint density at radius 2 is 2.00 bits per heavy atom. The van der Waals surface area contributed by atoms with Crippen LogP contribution < -0.4 is 5.32 Å². The molecule has 2 heteroatoms. The molecule has 0 aliphatic carbocycles. The van der Waals surface area contributed by atoms with E-state index < -0.39 is 0 Å². The number of hydrogen-bond acceptors (Lipinski definition) is 2. The van der Waals surface area contributed by atoms with E-state index in [1.165, 1.54) is 25.7 Å². The fourth-order valence-corrected chi connectivity index (χ4v) is 1.60. The van der Waals surface area contributed by atoms with Crippen LogP contribution in [0.3, 0.4) is 0 Å². The van der Waals surface area contributed by atoms with Crippen molar-refractivity contribution < 1.29 is 0 Å². The fraction of sp³-hybridized carbons (Fsp3) is 0.923. The van der Waals surface area contributed by atoms with E-state index in [2.05, 4.69) is 39.1 Å². The van der Waals surface area contributed by atoms with E-state index in [-0.39, 0.29) is 0 Å². The maximum Gasteiger partial charge on any atom is 0.0638 e. The first kappa shape index (κ1) is 14.5. The summed E-state index contributed by atoms with van der Waals surface area (Å²) in [7, 11) is 0. The zero-order valence-electron chi connectivity index (χ0n) is 10.8. The van der Waals surface area contributed by atoms with Crippen molar-refractivity contribution >= 4 is 0 Å². The van der Waals surface area contributed by atoms with Crippen molar-refractivity contribution in [2.75, 3.05) is 6.54 Å².